The number of aliphatic imine (C=N–C) groups is 1. The summed E-state index contributed by atoms with van der Waals surface area (Å²) in [7, 11) is 0. The molecule has 1 aliphatic carbocycles. The number of rotatable bonds is 6. The number of nitrogens with zero attached hydrogens (tertiary/aromatic N) is 1. The molecule has 0 bridgehead atoms. The zero-order chi connectivity index (χ0) is 17.5. The summed E-state index contributed by atoms with van der Waals surface area (Å²) in [6.07, 6.45) is 10.8. The number of hydrogen-bond acceptors (Lipinski definition) is 1. The normalized spacial score (nSPS) is 21.4. The standard InChI is InChI=1S/C23H31N/c1-6-24-16-20(5)22-14-10-11-17(2)23(22)19(4)15-18(3)21-12-8-7-9-13-21/h6-10,12-14,16-19H,11,15H2,1-5H3/b20-16+,24-6?. The van der Waals surface area contributed by atoms with Gasteiger partial charge in [-0.1, -0.05) is 68.8 Å². The second-order valence-corrected chi connectivity index (χ2v) is 7.08. The fourth-order valence-corrected chi connectivity index (χ4v) is 3.82. The summed E-state index contributed by atoms with van der Waals surface area (Å²) in [4.78, 5) is 4.32. The molecule has 0 saturated carbocycles. The van der Waals surface area contributed by atoms with Gasteiger partial charge in [0.05, 0.1) is 0 Å². The summed E-state index contributed by atoms with van der Waals surface area (Å²) in [6, 6.07) is 10.9. The third-order valence-corrected chi connectivity index (χ3v) is 5.06. The predicted molar refractivity (Wildman–Crippen MR) is 107 cm³/mol. The Bertz CT molecular complexity index is 646. The Labute approximate surface area is 147 Å². The Morgan fingerprint density at radius 3 is 2.58 bits per heavy atom. The number of hydrogen-bond donors (Lipinski definition) is 0. The van der Waals surface area contributed by atoms with Crippen molar-refractivity contribution in [1.82, 2.24) is 0 Å². The average molecular weight is 322 g/mol. The van der Waals surface area contributed by atoms with Crippen molar-refractivity contribution in [2.45, 2.75) is 53.4 Å². The van der Waals surface area contributed by atoms with Crippen LogP contribution in [0.4, 0.5) is 0 Å². The van der Waals surface area contributed by atoms with E-state index in [1.54, 1.807) is 5.57 Å². The molecule has 1 aromatic carbocycles. The summed E-state index contributed by atoms with van der Waals surface area (Å²) in [5, 5.41) is 0. The van der Waals surface area contributed by atoms with Crippen LogP contribution in [0.15, 0.2) is 70.4 Å². The van der Waals surface area contributed by atoms with Crippen molar-refractivity contribution in [1.29, 1.82) is 0 Å². The number of allylic oxidation sites excluding steroid dienone is 5. The Kier molecular flexibility index (Phi) is 6.78. The lowest BCUT2D eigenvalue weighted by atomic mass is 9.76. The van der Waals surface area contributed by atoms with Crippen molar-refractivity contribution in [3.8, 4) is 0 Å². The van der Waals surface area contributed by atoms with Gasteiger partial charge >= 0.3 is 0 Å². The highest BCUT2D eigenvalue weighted by atomic mass is 14.7. The highest BCUT2D eigenvalue weighted by Crippen LogP contribution is 2.38. The van der Waals surface area contributed by atoms with Crippen LogP contribution in [0.3, 0.4) is 0 Å². The van der Waals surface area contributed by atoms with E-state index in [0.29, 0.717) is 17.8 Å². The topological polar surface area (TPSA) is 12.4 Å². The molecule has 0 aromatic heterocycles. The van der Waals surface area contributed by atoms with E-state index in [1.807, 2.05) is 19.3 Å². The summed E-state index contributed by atoms with van der Waals surface area (Å²) >= 11 is 0. The monoisotopic (exact) mass is 321 g/mol. The maximum absolute atomic E-state index is 4.32. The molecule has 1 heteroatoms. The van der Waals surface area contributed by atoms with Gasteiger partial charge in [-0.3, -0.25) is 4.99 Å². The van der Waals surface area contributed by atoms with E-state index in [2.05, 4.69) is 75.2 Å². The van der Waals surface area contributed by atoms with E-state index in [4.69, 9.17) is 0 Å². The molecule has 0 spiro atoms. The molecule has 0 amide bonds. The summed E-state index contributed by atoms with van der Waals surface area (Å²) in [5.74, 6) is 1.76. The van der Waals surface area contributed by atoms with Crippen molar-refractivity contribution in [3.05, 3.63) is 71.0 Å². The quantitative estimate of drug-likeness (QED) is 0.517. The molecule has 3 atom stereocenters. The smallest absolute Gasteiger partial charge is 0.0298 e. The number of benzene rings is 1. The molecule has 2 rings (SSSR count). The van der Waals surface area contributed by atoms with Gasteiger partial charge in [0.2, 0.25) is 0 Å². The first-order valence-corrected chi connectivity index (χ1v) is 9.15. The minimum absolute atomic E-state index is 0.573. The summed E-state index contributed by atoms with van der Waals surface area (Å²) in [5.41, 5.74) is 5.70. The molecule has 0 fully saturated rings. The molecule has 0 heterocycles. The van der Waals surface area contributed by atoms with E-state index in [1.165, 1.54) is 23.1 Å². The fraction of sp³-hybridized carbons (Fsp3) is 0.435. The van der Waals surface area contributed by atoms with Crippen molar-refractivity contribution < 1.29 is 0 Å². The van der Waals surface area contributed by atoms with Crippen LogP contribution in [0.5, 0.6) is 0 Å². The lowest BCUT2D eigenvalue weighted by Crippen LogP contribution is -2.16. The first-order valence-electron chi connectivity index (χ1n) is 9.15. The lowest BCUT2D eigenvalue weighted by Gasteiger charge is -2.29. The van der Waals surface area contributed by atoms with Gasteiger partial charge in [-0.15, -0.1) is 0 Å². The van der Waals surface area contributed by atoms with Gasteiger partial charge in [-0.2, -0.15) is 0 Å². The minimum Gasteiger partial charge on any atom is -0.269 e. The zero-order valence-electron chi connectivity index (χ0n) is 15.8. The Morgan fingerprint density at radius 2 is 1.92 bits per heavy atom. The van der Waals surface area contributed by atoms with Gasteiger partial charge in [0, 0.05) is 12.4 Å². The van der Waals surface area contributed by atoms with Crippen LogP contribution in [0.25, 0.3) is 0 Å². The molecule has 1 aliphatic rings. The van der Waals surface area contributed by atoms with Crippen LogP contribution in [0.2, 0.25) is 0 Å². The molecule has 24 heavy (non-hydrogen) atoms. The second-order valence-electron chi connectivity index (χ2n) is 7.08. The van der Waals surface area contributed by atoms with Gasteiger partial charge in [0.15, 0.2) is 0 Å². The van der Waals surface area contributed by atoms with Crippen LogP contribution in [0.1, 0.15) is 58.9 Å². The van der Waals surface area contributed by atoms with Gasteiger partial charge in [0.25, 0.3) is 0 Å². The van der Waals surface area contributed by atoms with Crippen LogP contribution in [0, 0.1) is 11.8 Å². The average Bonchev–Trinajstić information content (AvgIpc) is 2.59. The van der Waals surface area contributed by atoms with Crippen LogP contribution in [-0.2, 0) is 0 Å². The van der Waals surface area contributed by atoms with Crippen molar-refractivity contribution in [2.75, 3.05) is 0 Å². The Hall–Kier alpha value is -1.89. The molecule has 0 aliphatic heterocycles. The van der Waals surface area contributed by atoms with Gasteiger partial charge < -0.3 is 0 Å². The van der Waals surface area contributed by atoms with Gasteiger partial charge in [0.1, 0.15) is 0 Å². The van der Waals surface area contributed by atoms with E-state index in [-0.39, 0.29) is 0 Å². The maximum atomic E-state index is 4.32. The predicted octanol–water partition coefficient (Wildman–Crippen LogP) is 6.70. The van der Waals surface area contributed by atoms with E-state index < -0.39 is 0 Å². The van der Waals surface area contributed by atoms with Crippen LogP contribution >= 0.6 is 0 Å². The third kappa shape index (κ3) is 4.56. The first kappa shape index (κ1) is 18.4. The maximum Gasteiger partial charge on any atom is 0.0298 e. The molecule has 0 radical (unpaired) electrons. The Balaban J connectivity index is 2.27. The summed E-state index contributed by atoms with van der Waals surface area (Å²) < 4.78 is 0. The molecular weight excluding hydrogens is 290 g/mol. The van der Waals surface area contributed by atoms with Crippen molar-refractivity contribution >= 4 is 6.21 Å². The van der Waals surface area contributed by atoms with Gasteiger partial charge in [-0.25, -0.2) is 0 Å². The SMILES string of the molecule is CC=N/C=C(\C)C1=C(C(C)CC(C)c2ccccc2)C(C)CC=C1. The van der Waals surface area contributed by atoms with Crippen molar-refractivity contribution in [2.24, 2.45) is 16.8 Å². The van der Waals surface area contributed by atoms with Gasteiger partial charge in [-0.05, 0) is 61.2 Å². The Morgan fingerprint density at radius 1 is 1.21 bits per heavy atom. The van der Waals surface area contributed by atoms with E-state index in [0.717, 1.165) is 6.42 Å². The van der Waals surface area contributed by atoms with E-state index >= 15 is 0 Å². The van der Waals surface area contributed by atoms with Crippen LogP contribution in [-0.4, -0.2) is 6.21 Å². The second kappa shape index (κ2) is 8.82. The lowest BCUT2D eigenvalue weighted by molar-refractivity contribution is 0.482. The van der Waals surface area contributed by atoms with Crippen LogP contribution < -0.4 is 0 Å². The minimum atomic E-state index is 0.573. The molecule has 128 valence electrons. The highest BCUT2D eigenvalue weighted by molar-refractivity contribution is 5.55. The molecule has 3 unspecified atom stereocenters. The third-order valence-electron chi connectivity index (χ3n) is 5.06. The molecule has 0 N–H and O–H groups in total. The zero-order valence-corrected chi connectivity index (χ0v) is 15.8. The van der Waals surface area contributed by atoms with Crippen molar-refractivity contribution in [3.63, 3.8) is 0 Å². The summed E-state index contributed by atoms with van der Waals surface area (Å²) in [6.45, 7) is 11.2. The fourth-order valence-electron chi connectivity index (χ4n) is 3.82. The first-order chi connectivity index (χ1) is 11.5. The van der Waals surface area contributed by atoms with E-state index in [9.17, 15) is 0 Å². The molecule has 1 nitrogen and oxygen atoms in total. The highest BCUT2D eigenvalue weighted by Gasteiger charge is 2.23. The largest absolute Gasteiger partial charge is 0.269 e. The molecule has 1 aromatic rings. The molecule has 0 saturated heterocycles. The molecular formula is C23H31N.